The lowest BCUT2D eigenvalue weighted by atomic mass is 10.2. The molecule has 2 aromatic heterocycles. The van der Waals surface area contributed by atoms with E-state index >= 15 is 0 Å². The van der Waals surface area contributed by atoms with E-state index in [0.717, 1.165) is 50.3 Å². The zero-order valence-electron chi connectivity index (χ0n) is 11.9. The van der Waals surface area contributed by atoms with Crippen molar-refractivity contribution in [3.8, 4) is 12.3 Å². The number of aromatic nitrogens is 3. The maximum atomic E-state index is 5.71. The van der Waals surface area contributed by atoms with Gasteiger partial charge in [-0.1, -0.05) is 0 Å². The van der Waals surface area contributed by atoms with Crippen LogP contribution in [0.15, 0.2) is 18.5 Å². The average Bonchev–Trinajstić information content (AvgIpc) is 2.52. The minimum Gasteiger partial charge on any atom is -0.384 e. The molecule has 0 saturated carbocycles. The number of anilines is 2. The Morgan fingerprint density at radius 2 is 2.00 bits per heavy atom. The number of hydrogen-bond acceptors (Lipinski definition) is 6. The van der Waals surface area contributed by atoms with Crippen molar-refractivity contribution in [2.45, 2.75) is 6.42 Å². The van der Waals surface area contributed by atoms with Gasteiger partial charge in [-0.3, -0.25) is 4.90 Å². The predicted molar refractivity (Wildman–Crippen MR) is 83.8 cm³/mol. The van der Waals surface area contributed by atoms with Gasteiger partial charge in [0.1, 0.15) is 18.0 Å². The molecule has 1 aliphatic rings. The van der Waals surface area contributed by atoms with Crippen LogP contribution in [0.4, 0.5) is 11.6 Å². The van der Waals surface area contributed by atoms with Crippen LogP contribution in [-0.4, -0.2) is 52.6 Å². The summed E-state index contributed by atoms with van der Waals surface area (Å²) in [5, 5.41) is 0.948. The molecule has 6 nitrogen and oxygen atoms in total. The van der Waals surface area contributed by atoms with E-state index in [1.807, 2.05) is 6.07 Å². The molecule has 3 rings (SSSR count). The van der Waals surface area contributed by atoms with Crippen molar-refractivity contribution in [3.05, 3.63) is 18.5 Å². The van der Waals surface area contributed by atoms with Crippen molar-refractivity contribution in [2.24, 2.45) is 0 Å². The summed E-state index contributed by atoms with van der Waals surface area (Å²) in [5.74, 6) is 4.10. The fourth-order valence-electron chi connectivity index (χ4n) is 2.60. The number of nitrogens with two attached hydrogens (primary N) is 1. The van der Waals surface area contributed by atoms with Crippen molar-refractivity contribution in [1.29, 1.82) is 0 Å². The molecule has 1 aliphatic heterocycles. The summed E-state index contributed by atoms with van der Waals surface area (Å²) in [6.07, 6.45) is 7.67. The van der Waals surface area contributed by atoms with Gasteiger partial charge in [0.05, 0.1) is 5.39 Å². The Morgan fingerprint density at radius 1 is 1.19 bits per heavy atom. The molecule has 6 heteroatoms. The van der Waals surface area contributed by atoms with E-state index in [1.165, 1.54) is 0 Å². The van der Waals surface area contributed by atoms with Crippen LogP contribution in [0.2, 0.25) is 0 Å². The Kier molecular flexibility index (Phi) is 3.84. The first-order valence-corrected chi connectivity index (χ1v) is 7.06. The summed E-state index contributed by atoms with van der Waals surface area (Å²) in [4.78, 5) is 17.5. The molecule has 2 aromatic rings. The molecule has 108 valence electrons. The molecule has 0 radical (unpaired) electrons. The Morgan fingerprint density at radius 3 is 2.76 bits per heavy atom. The highest BCUT2D eigenvalue weighted by atomic mass is 15.3. The molecule has 0 unspecified atom stereocenters. The van der Waals surface area contributed by atoms with Gasteiger partial charge in [-0.25, -0.2) is 15.0 Å². The van der Waals surface area contributed by atoms with Crippen molar-refractivity contribution >= 4 is 22.7 Å². The average molecular weight is 282 g/mol. The van der Waals surface area contributed by atoms with Crippen LogP contribution in [0.3, 0.4) is 0 Å². The third-order valence-corrected chi connectivity index (χ3v) is 3.74. The second-order valence-electron chi connectivity index (χ2n) is 5.09. The van der Waals surface area contributed by atoms with Crippen LogP contribution in [0.5, 0.6) is 0 Å². The summed E-state index contributed by atoms with van der Waals surface area (Å²) < 4.78 is 0. The lowest BCUT2D eigenvalue weighted by Gasteiger charge is -2.35. The van der Waals surface area contributed by atoms with Gasteiger partial charge in [0, 0.05) is 39.1 Å². The normalized spacial score (nSPS) is 16.0. The van der Waals surface area contributed by atoms with E-state index in [0.29, 0.717) is 11.5 Å². The van der Waals surface area contributed by atoms with Crippen LogP contribution < -0.4 is 10.6 Å². The Hall–Kier alpha value is -2.39. The van der Waals surface area contributed by atoms with Gasteiger partial charge >= 0.3 is 0 Å². The van der Waals surface area contributed by atoms with Gasteiger partial charge in [0.2, 0.25) is 0 Å². The Labute approximate surface area is 124 Å². The van der Waals surface area contributed by atoms with Crippen molar-refractivity contribution < 1.29 is 0 Å². The molecule has 0 aromatic carbocycles. The summed E-state index contributed by atoms with van der Waals surface area (Å²) in [6, 6.07) is 3.73. The monoisotopic (exact) mass is 282 g/mol. The summed E-state index contributed by atoms with van der Waals surface area (Å²) in [5.41, 5.74) is 6.36. The molecule has 0 atom stereocenters. The lowest BCUT2D eigenvalue weighted by Crippen LogP contribution is -2.47. The number of nitrogen functional groups attached to an aromatic ring is 1. The number of nitrogens with zero attached hydrogens (tertiary/aromatic N) is 5. The van der Waals surface area contributed by atoms with E-state index in [4.69, 9.17) is 12.2 Å². The topological polar surface area (TPSA) is 71.2 Å². The van der Waals surface area contributed by atoms with Gasteiger partial charge in [0.15, 0.2) is 5.65 Å². The van der Waals surface area contributed by atoms with Gasteiger partial charge in [0.25, 0.3) is 0 Å². The van der Waals surface area contributed by atoms with E-state index in [-0.39, 0.29) is 0 Å². The van der Waals surface area contributed by atoms with Crippen LogP contribution >= 0.6 is 0 Å². The summed E-state index contributed by atoms with van der Waals surface area (Å²) in [6.45, 7) is 4.82. The summed E-state index contributed by atoms with van der Waals surface area (Å²) in [7, 11) is 0. The van der Waals surface area contributed by atoms with Gasteiger partial charge < -0.3 is 10.6 Å². The molecule has 1 fully saturated rings. The fourth-order valence-corrected chi connectivity index (χ4v) is 2.60. The first kappa shape index (κ1) is 13.6. The predicted octanol–water partition coefficient (Wildman–Crippen LogP) is 0.752. The third-order valence-electron chi connectivity index (χ3n) is 3.74. The number of fused-ring (bicyclic) bond motifs is 1. The Bertz CT molecular complexity index is 669. The van der Waals surface area contributed by atoms with Gasteiger partial charge in [-0.05, 0) is 12.1 Å². The Balaban J connectivity index is 1.78. The molecule has 0 amide bonds. The molecule has 21 heavy (non-hydrogen) atoms. The highest BCUT2D eigenvalue weighted by Crippen LogP contribution is 2.23. The zero-order valence-corrected chi connectivity index (χ0v) is 11.9. The molecule has 0 bridgehead atoms. The largest absolute Gasteiger partial charge is 0.384 e. The molecule has 3 heterocycles. The van der Waals surface area contributed by atoms with Crippen LogP contribution in [0.25, 0.3) is 11.0 Å². The maximum absolute atomic E-state index is 5.71. The van der Waals surface area contributed by atoms with E-state index in [9.17, 15) is 0 Å². The van der Waals surface area contributed by atoms with E-state index in [1.54, 1.807) is 12.4 Å². The van der Waals surface area contributed by atoms with Crippen molar-refractivity contribution in [2.75, 3.05) is 43.4 Å². The number of terminal acetylenes is 1. The van der Waals surface area contributed by atoms with Gasteiger partial charge in [-0.15, -0.1) is 12.3 Å². The minimum atomic E-state index is 0.478. The fraction of sp³-hybridized carbons (Fsp3) is 0.400. The second kappa shape index (κ2) is 5.94. The zero-order chi connectivity index (χ0) is 14.7. The SMILES string of the molecule is C#CCCN1CCN(c2ncnc3nc(N)ccc23)CC1. The van der Waals surface area contributed by atoms with Crippen molar-refractivity contribution in [3.63, 3.8) is 0 Å². The van der Waals surface area contributed by atoms with Crippen LogP contribution in [-0.2, 0) is 0 Å². The first-order valence-electron chi connectivity index (χ1n) is 7.06. The summed E-state index contributed by atoms with van der Waals surface area (Å²) >= 11 is 0. The molecular weight excluding hydrogens is 264 g/mol. The maximum Gasteiger partial charge on any atom is 0.166 e. The standard InChI is InChI=1S/C15H18N6/c1-2-3-6-20-7-9-21(10-8-20)15-12-4-5-13(16)19-14(12)17-11-18-15/h1,4-5,11H,3,6-10H2,(H2,16,17,18,19). The number of rotatable bonds is 3. The smallest absolute Gasteiger partial charge is 0.166 e. The second-order valence-corrected chi connectivity index (χ2v) is 5.09. The number of piperazine rings is 1. The van der Waals surface area contributed by atoms with Crippen LogP contribution in [0, 0.1) is 12.3 Å². The van der Waals surface area contributed by atoms with E-state index in [2.05, 4.69) is 30.7 Å². The van der Waals surface area contributed by atoms with Crippen LogP contribution in [0.1, 0.15) is 6.42 Å². The molecule has 0 spiro atoms. The first-order chi connectivity index (χ1) is 10.3. The quantitative estimate of drug-likeness (QED) is 0.838. The highest BCUT2D eigenvalue weighted by Gasteiger charge is 2.19. The lowest BCUT2D eigenvalue weighted by molar-refractivity contribution is 0.263. The minimum absolute atomic E-state index is 0.478. The van der Waals surface area contributed by atoms with Crippen molar-refractivity contribution in [1.82, 2.24) is 19.9 Å². The molecule has 2 N–H and O–H groups in total. The molecular formula is C15H18N6. The molecule has 1 saturated heterocycles. The number of pyridine rings is 1. The van der Waals surface area contributed by atoms with Gasteiger partial charge in [-0.2, -0.15) is 0 Å². The molecule has 0 aliphatic carbocycles. The third kappa shape index (κ3) is 2.88. The van der Waals surface area contributed by atoms with E-state index < -0.39 is 0 Å². The highest BCUT2D eigenvalue weighted by molar-refractivity contribution is 5.87. The number of hydrogen-bond donors (Lipinski definition) is 1.